The summed E-state index contributed by atoms with van der Waals surface area (Å²) in [4.78, 5) is 14.1. The van der Waals surface area contributed by atoms with E-state index in [1.807, 2.05) is 37.4 Å². The van der Waals surface area contributed by atoms with Crippen molar-refractivity contribution in [2.75, 3.05) is 12.3 Å². The summed E-state index contributed by atoms with van der Waals surface area (Å²) < 4.78 is 5.50. The number of fused-ring (bicyclic) bond motifs is 1. The van der Waals surface area contributed by atoms with Crippen LogP contribution in [0.3, 0.4) is 0 Å². The third-order valence-electron chi connectivity index (χ3n) is 3.49. The molecule has 2 aliphatic rings. The Morgan fingerprint density at radius 1 is 1.39 bits per heavy atom. The minimum absolute atomic E-state index is 0.174. The van der Waals surface area contributed by atoms with Crippen LogP contribution < -0.4 is 5.73 Å². The van der Waals surface area contributed by atoms with Crippen molar-refractivity contribution in [3.8, 4) is 0 Å². The van der Waals surface area contributed by atoms with Crippen molar-refractivity contribution >= 4 is 17.9 Å². The maximum atomic E-state index is 12.2. The van der Waals surface area contributed by atoms with Crippen molar-refractivity contribution in [3.63, 3.8) is 0 Å². The summed E-state index contributed by atoms with van der Waals surface area (Å²) in [6.07, 6.45) is 2.94. The number of nitrogens with zero attached hydrogens (tertiary/aromatic N) is 1. The first kappa shape index (κ1) is 14.0. The van der Waals surface area contributed by atoms with Crippen LogP contribution in [0.2, 0.25) is 0 Å². The molecule has 1 aliphatic heterocycles. The standard InChI is InChI=1S/C13H24N2O2S/c1-13(2,3)17-12(16)15-6-7-18-11-5-4-9(14)8-10(11)15/h9-11H,4-8,14H2,1-3H3. The van der Waals surface area contributed by atoms with Crippen molar-refractivity contribution in [1.82, 2.24) is 4.90 Å². The van der Waals surface area contributed by atoms with Gasteiger partial charge in [-0.15, -0.1) is 0 Å². The van der Waals surface area contributed by atoms with E-state index in [1.165, 1.54) is 0 Å². The van der Waals surface area contributed by atoms with Crippen LogP contribution in [0.25, 0.3) is 0 Å². The van der Waals surface area contributed by atoms with Gasteiger partial charge < -0.3 is 15.4 Å². The normalized spacial score (nSPS) is 32.9. The molecule has 0 aromatic carbocycles. The van der Waals surface area contributed by atoms with Crippen LogP contribution in [-0.4, -0.2) is 46.2 Å². The number of carbonyl (C=O) groups is 1. The lowest BCUT2D eigenvalue weighted by atomic mass is 9.90. The highest BCUT2D eigenvalue weighted by Gasteiger charge is 2.40. The van der Waals surface area contributed by atoms with E-state index in [0.29, 0.717) is 5.25 Å². The average molecular weight is 272 g/mol. The first-order chi connectivity index (χ1) is 8.37. The number of rotatable bonds is 0. The Balaban J connectivity index is 2.04. The second-order valence-corrected chi connectivity index (χ2v) is 7.57. The van der Waals surface area contributed by atoms with Gasteiger partial charge in [-0.3, -0.25) is 0 Å². The molecule has 0 aromatic rings. The molecule has 3 unspecified atom stereocenters. The second kappa shape index (κ2) is 5.29. The van der Waals surface area contributed by atoms with Crippen LogP contribution in [0.1, 0.15) is 40.0 Å². The maximum Gasteiger partial charge on any atom is 0.410 e. The number of amides is 1. The van der Waals surface area contributed by atoms with E-state index in [9.17, 15) is 4.79 Å². The smallest absolute Gasteiger partial charge is 0.410 e. The van der Waals surface area contributed by atoms with Gasteiger partial charge in [-0.25, -0.2) is 4.79 Å². The van der Waals surface area contributed by atoms with E-state index >= 15 is 0 Å². The van der Waals surface area contributed by atoms with Gasteiger partial charge in [0.05, 0.1) is 0 Å². The molecular formula is C13H24N2O2S. The van der Waals surface area contributed by atoms with Gasteiger partial charge in [0.2, 0.25) is 0 Å². The highest BCUT2D eigenvalue weighted by molar-refractivity contribution is 8.00. The fraction of sp³-hybridized carbons (Fsp3) is 0.923. The predicted octanol–water partition coefficient (Wildman–Crippen LogP) is 2.22. The molecular weight excluding hydrogens is 248 g/mol. The maximum absolute atomic E-state index is 12.2. The molecule has 1 saturated carbocycles. The Morgan fingerprint density at radius 3 is 2.78 bits per heavy atom. The minimum Gasteiger partial charge on any atom is -0.444 e. The molecule has 0 spiro atoms. The molecule has 1 aliphatic carbocycles. The SMILES string of the molecule is CC(C)(C)OC(=O)N1CCSC2CCC(N)CC21. The summed E-state index contributed by atoms with van der Waals surface area (Å²) in [6, 6.07) is 0.497. The minimum atomic E-state index is -0.423. The van der Waals surface area contributed by atoms with Gasteiger partial charge in [-0.1, -0.05) is 0 Å². The van der Waals surface area contributed by atoms with Crippen molar-refractivity contribution in [1.29, 1.82) is 0 Å². The lowest BCUT2D eigenvalue weighted by Crippen LogP contribution is -2.55. The predicted molar refractivity (Wildman–Crippen MR) is 74.8 cm³/mol. The molecule has 1 heterocycles. The summed E-state index contributed by atoms with van der Waals surface area (Å²) in [5.74, 6) is 1.01. The van der Waals surface area contributed by atoms with Gasteiger partial charge in [0.25, 0.3) is 0 Å². The molecule has 2 N–H and O–H groups in total. The zero-order valence-electron chi connectivity index (χ0n) is 11.5. The molecule has 2 rings (SSSR count). The third kappa shape index (κ3) is 3.32. The summed E-state index contributed by atoms with van der Waals surface area (Å²) in [5, 5.41) is 0.547. The number of carbonyl (C=O) groups excluding carboxylic acids is 1. The van der Waals surface area contributed by atoms with Gasteiger partial charge in [-0.05, 0) is 40.0 Å². The molecule has 0 bridgehead atoms. The Bertz CT molecular complexity index is 317. The summed E-state index contributed by atoms with van der Waals surface area (Å²) >= 11 is 1.98. The summed E-state index contributed by atoms with van der Waals surface area (Å²) in [5.41, 5.74) is 5.62. The largest absolute Gasteiger partial charge is 0.444 e. The fourth-order valence-corrected chi connectivity index (χ4v) is 4.08. The Morgan fingerprint density at radius 2 is 2.11 bits per heavy atom. The van der Waals surface area contributed by atoms with Crippen molar-refractivity contribution in [3.05, 3.63) is 0 Å². The molecule has 0 aromatic heterocycles. The van der Waals surface area contributed by atoms with Crippen LogP contribution in [0.5, 0.6) is 0 Å². The van der Waals surface area contributed by atoms with Crippen LogP contribution in [0, 0.1) is 0 Å². The van der Waals surface area contributed by atoms with Crippen molar-refractivity contribution in [2.24, 2.45) is 5.73 Å². The number of hydrogen-bond acceptors (Lipinski definition) is 4. The zero-order chi connectivity index (χ0) is 13.3. The Hall–Kier alpha value is -0.420. The molecule has 2 fully saturated rings. The highest BCUT2D eigenvalue weighted by Crippen LogP contribution is 2.35. The Labute approximate surface area is 114 Å². The average Bonchev–Trinajstić information content (AvgIpc) is 2.25. The van der Waals surface area contributed by atoms with Crippen molar-refractivity contribution < 1.29 is 9.53 Å². The molecule has 1 saturated heterocycles. The van der Waals surface area contributed by atoms with Crippen LogP contribution >= 0.6 is 11.8 Å². The van der Waals surface area contributed by atoms with Gasteiger partial charge in [-0.2, -0.15) is 11.8 Å². The summed E-state index contributed by atoms with van der Waals surface area (Å²) in [6.45, 7) is 6.52. The number of hydrogen-bond donors (Lipinski definition) is 1. The fourth-order valence-electron chi connectivity index (χ4n) is 2.69. The quantitative estimate of drug-likeness (QED) is 0.734. The van der Waals surface area contributed by atoms with E-state index in [0.717, 1.165) is 31.6 Å². The number of ether oxygens (including phenoxy) is 1. The number of thioether (sulfide) groups is 1. The topological polar surface area (TPSA) is 55.6 Å². The molecule has 18 heavy (non-hydrogen) atoms. The van der Waals surface area contributed by atoms with E-state index in [-0.39, 0.29) is 18.2 Å². The second-order valence-electron chi connectivity index (χ2n) is 6.22. The van der Waals surface area contributed by atoms with Gasteiger partial charge in [0, 0.05) is 29.6 Å². The third-order valence-corrected chi connectivity index (χ3v) is 4.88. The molecule has 5 heteroatoms. The van der Waals surface area contributed by atoms with E-state index < -0.39 is 5.60 Å². The molecule has 104 valence electrons. The first-order valence-corrected chi connectivity index (χ1v) is 7.78. The lowest BCUT2D eigenvalue weighted by molar-refractivity contribution is 0.0126. The van der Waals surface area contributed by atoms with E-state index in [4.69, 9.17) is 10.5 Å². The van der Waals surface area contributed by atoms with Crippen molar-refractivity contribution in [2.45, 2.75) is 63.0 Å². The van der Waals surface area contributed by atoms with Gasteiger partial charge >= 0.3 is 6.09 Å². The zero-order valence-corrected chi connectivity index (χ0v) is 12.3. The number of nitrogens with two attached hydrogens (primary N) is 1. The molecule has 3 atom stereocenters. The van der Waals surface area contributed by atoms with Crippen LogP contribution in [0.15, 0.2) is 0 Å². The van der Waals surface area contributed by atoms with Crippen LogP contribution in [0.4, 0.5) is 4.79 Å². The van der Waals surface area contributed by atoms with E-state index in [2.05, 4.69) is 0 Å². The highest BCUT2D eigenvalue weighted by atomic mass is 32.2. The van der Waals surface area contributed by atoms with Gasteiger partial charge in [0.1, 0.15) is 5.60 Å². The monoisotopic (exact) mass is 272 g/mol. The molecule has 0 radical (unpaired) electrons. The van der Waals surface area contributed by atoms with E-state index in [1.54, 1.807) is 0 Å². The molecule has 4 nitrogen and oxygen atoms in total. The Kier molecular flexibility index (Phi) is 4.11. The first-order valence-electron chi connectivity index (χ1n) is 6.73. The molecule has 1 amide bonds. The van der Waals surface area contributed by atoms with Gasteiger partial charge in [0.15, 0.2) is 0 Å². The lowest BCUT2D eigenvalue weighted by Gasteiger charge is -2.45. The summed E-state index contributed by atoms with van der Waals surface area (Å²) in [7, 11) is 0. The van der Waals surface area contributed by atoms with Crippen LogP contribution in [-0.2, 0) is 4.74 Å².